The first-order chi connectivity index (χ1) is 14.2. The lowest BCUT2D eigenvalue weighted by Crippen LogP contribution is -2.59. The number of imide groups is 2. The fourth-order valence-electron chi connectivity index (χ4n) is 4.33. The zero-order valence-corrected chi connectivity index (χ0v) is 16.4. The van der Waals surface area contributed by atoms with Crippen molar-refractivity contribution >= 4 is 35.3 Å². The minimum atomic E-state index is -0.988. The van der Waals surface area contributed by atoms with Gasteiger partial charge in [-0.3, -0.25) is 34.2 Å². The van der Waals surface area contributed by atoms with Crippen LogP contribution in [0.1, 0.15) is 46.4 Å². The van der Waals surface area contributed by atoms with Gasteiger partial charge in [0.1, 0.15) is 11.6 Å². The number of carbonyl (C=O) groups excluding carboxylic acids is 5. The smallest absolute Gasteiger partial charge is 0.325 e. The molecule has 0 aromatic heterocycles. The Morgan fingerprint density at radius 3 is 2.60 bits per heavy atom. The summed E-state index contributed by atoms with van der Waals surface area (Å²) in [5.41, 5.74) is 6.13. The highest BCUT2D eigenvalue weighted by molar-refractivity contribution is 6.23. The number of ether oxygens (including phenoxy) is 1. The number of esters is 1. The number of hydrogen-bond acceptors (Lipinski definition) is 8. The van der Waals surface area contributed by atoms with Crippen molar-refractivity contribution in [3.05, 3.63) is 29.3 Å². The van der Waals surface area contributed by atoms with Crippen molar-refractivity contribution < 1.29 is 28.7 Å². The number of nitrogens with zero attached hydrogens (tertiary/aromatic N) is 1. The zero-order valence-electron chi connectivity index (χ0n) is 16.4. The number of nitrogens with one attached hydrogen (secondary N) is 2. The molecule has 1 aromatic carbocycles. The quantitative estimate of drug-likeness (QED) is 0.442. The molecule has 2 fully saturated rings. The lowest BCUT2D eigenvalue weighted by molar-refractivity contribution is -0.152. The number of rotatable bonds is 5. The van der Waals surface area contributed by atoms with Gasteiger partial charge in [0, 0.05) is 18.7 Å². The third-order valence-corrected chi connectivity index (χ3v) is 5.93. The van der Waals surface area contributed by atoms with E-state index >= 15 is 0 Å². The summed E-state index contributed by atoms with van der Waals surface area (Å²) in [4.78, 5) is 61.6. The summed E-state index contributed by atoms with van der Waals surface area (Å²) in [5.74, 6) is -2.39. The number of hydrogen-bond donors (Lipinski definition) is 3. The van der Waals surface area contributed by atoms with Crippen LogP contribution in [-0.4, -0.2) is 59.7 Å². The molecule has 158 valence electrons. The van der Waals surface area contributed by atoms with Gasteiger partial charge in [-0.1, -0.05) is 0 Å². The summed E-state index contributed by atoms with van der Waals surface area (Å²) in [7, 11) is 1.31. The molecule has 4 amide bonds. The van der Waals surface area contributed by atoms with E-state index in [0.717, 1.165) is 4.90 Å². The van der Waals surface area contributed by atoms with Crippen molar-refractivity contribution in [3.63, 3.8) is 0 Å². The molecule has 2 heterocycles. The molecule has 10 heteroatoms. The predicted molar refractivity (Wildman–Crippen MR) is 103 cm³/mol. The van der Waals surface area contributed by atoms with Crippen LogP contribution < -0.4 is 16.4 Å². The van der Waals surface area contributed by atoms with Crippen LogP contribution in [-0.2, 0) is 19.1 Å². The van der Waals surface area contributed by atoms with E-state index in [1.807, 2.05) is 0 Å². The average molecular weight is 414 g/mol. The summed E-state index contributed by atoms with van der Waals surface area (Å²) >= 11 is 0. The zero-order chi connectivity index (χ0) is 21.6. The largest absolute Gasteiger partial charge is 0.468 e. The Labute approximate surface area is 172 Å². The van der Waals surface area contributed by atoms with Gasteiger partial charge in [0.25, 0.3) is 11.8 Å². The molecule has 1 saturated carbocycles. The minimum Gasteiger partial charge on any atom is -0.468 e. The normalized spacial score (nSPS) is 28.0. The summed E-state index contributed by atoms with van der Waals surface area (Å²) in [6.45, 7) is 0.549. The van der Waals surface area contributed by atoms with Gasteiger partial charge < -0.3 is 15.8 Å². The Kier molecular flexibility index (Phi) is 4.81. The molecule has 1 unspecified atom stereocenters. The van der Waals surface area contributed by atoms with Crippen LogP contribution in [0.4, 0.5) is 5.69 Å². The summed E-state index contributed by atoms with van der Waals surface area (Å²) in [6.07, 6.45) is 1.19. The van der Waals surface area contributed by atoms with Gasteiger partial charge >= 0.3 is 5.97 Å². The molecule has 1 atom stereocenters. The number of methoxy groups -OCH3 is 1. The van der Waals surface area contributed by atoms with Gasteiger partial charge in [0.05, 0.1) is 18.2 Å². The molecule has 1 aliphatic carbocycles. The van der Waals surface area contributed by atoms with Crippen LogP contribution >= 0.6 is 0 Å². The van der Waals surface area contributed by atoms with Crippen molar-refractivity contribution in [1.82, 2.24) is 10.2 Å². The van der Waals surface area contributed by atoms with E-state index in [1.165, 1.54) is 7.11 Å². The first-order valence-electron chi connectivity index (χ1n) is 9.70. The van der Waals surface area contributed by atoms with E-state index in [2.05, 4.69) is 10.6 Å². The summed E-state index contributed by atoms with van der Waals surface area (Å²) in [6, 6.07) is 3.83. The molecule has 30 heavy (non-hydrogen) atoms. The van der Waals surface area contributed by atoms with Crippen molar-refractivity contribution in [2.45, 2.75) is 37.3 Å². The van der Waals surface area contributed by atoms with Gasteiger partial charge in [-0.2, -0.15) is 0 Å². The fourth-order valence-corrected chi connectivity index (χ4v) is 4.33. The molecule has 1 saturated heterocycles. The summed E-state index contributed by atoms with van der Waals surface area (Å²) < 4.78 is 4.71. The van der Waals surface area contributed by atoms with Crippen LogP contribution in [0.3, 0.4) is 0 Å². The van der Waals surface area contributed by atoms with Crippen molar-refractivity contribution in [2.75, 3.05) is 19.0 Å². The maximum Gasteiger partial charge on any atom is 0.325 e. The standard InChI is InChI=1S/C20H22N4O6/c1-30-19(29)20(21)7-10(8-20)9-22-11-2-3-12-13(6-11)18(28)24(17(12)27)14-4-5-15(25)23-16(14)26/h2-3,6,10,14,22H,4-5,7-9,21H2,1H3,(H,23,25,26). The van der Waals surface area contributed by atoms with E-state index in [4.69, 9.17) is 10.5 Å². The predicted octanol–water partition coefficient (Wildman–Crippen LogP) is -0.220. The van der Waals surface area contributed by atoms with E-state index in [-0.39, 0.29) is 29.9 Å². The van der Waals surface area contributed by atoms with E-state index in [9.17, 15) is 24.0 Å². The number of fused-ring (bicyclic) bond motifs is 1. The summed E-state index contributed by atoms with van der Waals surface area (Å²) in [5, 5.41) is 5.37. The third kappa shape index (κ3) is 3.22. The minimum absolute atomic E-state index is 0.0756. The molecule has 0 radical (unpaired) electrons. The molecule has 10 nitrogen and oxygen atoms in total. The second kappa shape index (κ2) is 7.21. The maximum absolute atomic E-state index is 12.8. The SMILES string of the molecule is COC(=O)C1(N)CC(CNc2ccc3c(c2)C(=O)N(C2CCC(=O)NC2=O)C3=O)C1. The molecule has 1 aromatic rings. The average Bonchev–Trinajstić information content (AvgIpc) is 2.94. The van der Waals surface area contributed by atoms with Gasteiger partial charge in [0.2, 0.25) is 11.8 Å². The van der Waals surface area contributed by atoms with E-state index in [1.54, 1.807) is 18.2 Å². The first kappa shape index (κ1) is 20.0. The second-order valence-electron chi connectivity index (χ2n) is 8.01. The van der Waals surface area contributed by atoms with Crippen molar-refractivity contribution in [2.24, 2.45) is 11.7 Å². The van der Waals surface area contributed by atoms with Gasteiger partial charge in [-0.25, -0.2) is 0 Å². The number of amides is 4. The number of anilines is 1. The Morgan fingerprint density at radius 2 is 1.93 bits per heavy atom. The van der Waals surface area contributed by atoms with Gasteiger partial charge in [0.15, 0.2) is 0 Å². The topological polar surface area (TPSA) is 148 Å². The van der Waals surface area contributed by atoms with Gasteiger partial charge in [-0.05, 0) is 43.4 Å². The van der Waals surface area contributed by atoms with Crippen LogP contribution in [0.5, 0.6) is 0 Å². The van der Waals surface area contributed by atoms with Crippen LogP contribution in [0.2, 0.25) is 0 Å². The Bertz CT molecular complexity index is 968. The van der Waals surface area contributed by atoms with Crippen LogP contribution in [0, 0.1) is 5.92 Å². The fraction of sp³-hybridized carbons (Fsp3) is 0.450. The Hall–Kier alpha value is -3.27. The lowest BCUT2D eigenvalue weighted by Gasteiger charge is -2.42. The molecule has 2 aliphatic heterocycles. The number of piperidine rings is 1. The number of benzene rings is 1. The second-order valence-corrected chi connectivity index (χ2v) is 8.01. The molecule has 0 spiro atoms. The number of carbonyl (C=O) groups is 5. The molecular formula is C20H22N4O6. The highest BCUT2D eigenvalue weighted by Gasteiger charge is 2.48. The van der Waals surface area contributed by atoms with E-state index < -0.39 is 41.2 Å². The van der Waals surface area contributed by atoms with Gasteiger partial charge in [-0.15, -0.1) is 0 Å². The molecule has 0 bridgehead atoms. The highest BCUT2D eigenvalue weighted by atomic mass is 16.5. The molecule has 4 N–H and O–H groups in total. The Morgan fingerprint density at radius 1 is 1.23 bits per heavy atom. The lowest BCUT2D eigenvalue weighted by atomic mass is 9.69. The van der Waals surface area contributed by atoms with Crippen LogP contribution in [0.15, 0.2) is 18.2 Å². The van der Waals surface area contributed by atoms with E-state index in [0.29, 0.717) is 25.1 Å². The monoisotopic (exact) mass is 414 g/mol. The molecular weight excluding hydrogens is 392 g/mol. The van der Waals surface area contributed by atoms with Crippen molar-refractivity contribution in [3.8, 4) is 0 Å². The number of nitrogens with two attached hydrogens (primary N) is 1. The molecule has 3 aliphatic rings. The third-order valence-electron chi connectivity index (χ3n) is 5.93. The van der Waals surface area contributed by atoms with Crippen LogP contribution in [0.25, 0.3) is 0 Å². The first-order valence-corrected chi connectivity index (χ1v) is 9.70. The highest BCUT2D eigenvalue weighted by Crippen LogP contribution is 2.37. The Balaban J connectivity index is 1.42. The molecule has 4 rings (SSSR count). The van der Waals surface area contributed by atoms with Crippen molar-refractivity contribution in [1.29, 1.82) is 0 Å². The maximum atomic E-state index is 12.8.